The molecule has 1 amide bonds. The summed E-state index contributed by atoms with van der Waals surface area (Å²) in [6.07, 6.45) is 0.0320. The van der Waals surface area contributed by atoms with E-state index >= 15 is 0 Å². The zero-order valence-electron chi connectivity index (χ0n) is 7.96. The number of benzene rings is 1. The Bertz CT molecular complexity index is 352. The zero-order valence-corrected chi connectivity index (χ0v) is 7.96. The highest BCUT2D eigenvalue weighted by Gasteiger charge is 2.13. The quantitative estimate of drug-likeness (QED) is 0.757. The normalized spacial score (nSPS) is 12.5. The first kappa shape index (κ1) is 10.7. The number of hydrogen-bond donors (Lipinski definition) is 2. The van der Waals surface area contributed by atoms with Crippen molar-refractivity contribution in [3.63, 3.8) is 0 Å². The van der Waals surface area contributed by atoms with Crippen LogP contribution in [0.25, 0.3) is 0 Å². The molecule has 0 spiro atoms. The Morgan fingerprint density at radius 3 is 2.79 bits per heavy atom. The van der Waals surface area contributed by atoms with Gasteiger partial charge in [0.05, 0.1) is 0 Å². The van der Waals surface area contributed by atoms with Crippen molar-refractivity contribution in [3.8, 4) is 0 Å². The maximum absolute atomic E-state index is 13.1. The molecule has 1 unspecified atom stereocenters. The molecule has 1 atom stereocenters. The van der Waals surface area contributed by atoms with Crippen LogP contribution in [0.1, 0.15) is 23.6 Å². The van der Waals surface area contributed by atoms with E-state index in [0.29, 0.717) is 11.1 Å². The third-order valence-corrected chi connectivity index (χ3v) is 2.13. The highest BCUT2D eigenvalue weighted by atomic mass is 19.1. The van der Waals surface area contributed by atoms with Gasteiger partial charge < -0.3 is 11.5 Å². The van der Waals surface area contributed by atoms with E-state index < -0.39 is 11.9 Å². The fraction of sp³-hybridized carbons (Fsp3) is 0.300. The number of carbonyl (C=O) groups excluding carboxylic acids is 1. The number of nitrogens with two attached hydrogens (primary N) is 2. The van der Waals surface area contributed by atoms with Crippen LogP contribution in [0, 0.1) is 12.7 Å². The second kappa shape index (κ2) is 4.19. The van der Waals surface area contributed by atoms with Crippen LogP contribution >= 0.6 is 0 Å². The summed E-state index contributed by atoms with van der Waals surface area (Å²) in [4.78, 5) is 10.6. The van der Waals surface area contributed by atoms with Crippen molar-refractivity contribution in [2.75, 3.05) is 0 Å². The van der Waals surface area contributed by atoms with Crippen molar-refractivity contribution < 1.29 is 9.18 Å². The molecule has 0 aromatic heterocycles. The van der Waals surface area contributed by atoms with Crippen molar-refractivity contribution >= 4 is 5.91 Å². The Morgan fingerprint density at radius 1 is 1.57 bits per heavy atom. The first-order valence-corrected chi connectivity index (χ1v) is 4.31. The van der Waals surface area contributed by atoms with Gasteiger partial charge in [-0.1, -0.05) is 12.1 Å². The molecule has 0 aliphatic carbocycles. The van der Waals surface area contributed by atoms with Crippen molar-refractivity contribution in [3.05, 3.63) is 35.1 Å². The average molecular weight is 196 g/mol. The summed E-state index contributed by atoms with van der Waals surface area (Å²) in [5, 5.41) is 0. The SMILES string of the molecule is Cc1c(F)cccc1C(N)CC(N)=O. The van der Waals surface area contributed by atoms with Gasteiger partial charge in [-0.05, 0) is 24.1 Å². The van der Waals surface area contributed by atoms with E-state index in [1.807, 2.05) is 0 Å². The molecule has 0 radical (unpaired) electrons. The van der Waals surface area contributed by atoms with Gasteiger partial charge >= 0.3 is 0 Å². The zero-order chi connectivity index (χ0) is 10.7. The van der Waals surface area contributed by atoms with Crippen LogP contribution in [-0.4, -0.2) is 5.91 Å². The van der Waals surface area contributed by atoms with Crippen molar-refractivity contribution in [2.45, 2.75) is 19.4 Å². The predicted molar refractivity (Wildman–Crippen MR) is 51.9 cm³/mol. The molecule has 0 aliphatic heterocycles. The largest absolute Gasteiger partial charge is 0.370 e. The van der Waals surface area contributed by atoms with Crippen molar-refractivity contribution in [1.82, 2.24) is 0 Å². The lowest BCUT2D eigenvalue weighted by Crippen LogP contribution is -2.21. The molecule has 14 heavy (non-hydrogen) atoms. The van der Waals surface area contributed by atoms with E-state index in [9.17, 15) is 9.18 Å². The number of carbonyl (C=O) groups is 1. The second-order valence-electron chi connectivity index (χ2n) is 3.23. The Hall–Kier alpha value is -1.42. The van der Waals surface area contributed by atoms with E-state index in [0.717, 1.165) is 0 Å². The summed E-state index contributed by atoms with van der Waals surface area (Å²) in [5.41, 5.74) is 11.8. The number of primary amides is 1. The Balaban J connectivity index is 2.95. The van der Waals surface area contributed by atoms with Gasteiger partial charge in [0.15, 0.2) is 0 Å². The van der Waals surface area contributed by atoms with Crippen LogP contribution < -0.4 is 11.5 Å². The van der Waals surface area contributed by atoms with E-state index in [2.05, 4.69) is 0 Å². The maximum Gasteiger partial charge on any atom is 0.219 e. The minimum Gasteiger partial charge on any atom is -0.370 e. The first-order valence-electron chi connectivity index (χ1n) is 4.31. The lowest BCUT2D eigenvalue weighted by molar-refractivity contribution is -0.118. The Kier molecular flexibility index (Phi) is 3.19. The van der Waals surface area contributed by atoms with Crippen LogP contribution in [0.3, 0.4) is 0 Å². The monoisotopic (exact) mass is 196 g/mol. The summed E-state index contributed by atoms with van der Waals surface area (Å²) in [6.45, 7) is 1.63. The number of hydrogen-bond acceptors (Lipinski definition) is 2. The van der Waals surface area contributed by atoms with Gasteiger partial charge in [0.2, 0.25) is 5.91 Å². The molecule has 0 heterocycles. The topological polar surface area (TPSA) is 69.1 Å². The smallest absolute Gasteiger partial charge is 0.219 e. The molecular weight excluding hydrogens is 183 g/mol. The van der Waals surface area contributed by atoms with E-state index in [1.165, 1.54) is 6.07 Å². The number of halogens is 1. The summed E-state index contributed by atoms with van der Waals surface area (Å²) in [5.74, 6) is -0.802. The van der Waals surface area contributed by atoms with Gasteiger partial charge in [0.1, 0.15) is 5.82 Å². The summed E-state index contributed by atoms with van der Waals surface area (Å²) in [7, 11) is 0. The standard InChI is InChI=1S/C10H13FN2O/c1-6-7(3-2-4-8(6)11)9(12)5-10(13)14/h2-4,9H,5,12H2,1H3,(H2,13,14). The van der Waals surface area contributed by atoms with Crippen LogP contribution in [0.5, 0.6) is 0 Å². The van der Waals surface area contributed by atoms with E-state index in [1.54, 1.807) is 19.1 Å². The molecule has 1 aromatic rings. The van der Waals surface area contributed by atoms with Gasteiger partial charge in [0.25, 0.3) is 0 Å². The molecular formula is C10H13FN2O. The molecule has 0 fully saturated rings. The average Bonchev–Trinajstić information content (AvgIpc) is 2.08. The lowest BCUT2D eigenvalue weighted by Gasteiger charge is -2.13. The van der Waals surface area contributed by atoms with Crippen molar-refractivity contribution in [2.24, 2.45) is 11.5 Å². The summed E-state index contributed by atoms with van der Waals surface area (Å²) >= 11 is 0. The summed E-state index contributed by atoms with van der Waals surface area (Å²) in [6, 6.07) is 4.10. The van der Waals surface area contributed by atoms with Gasteiger partial charge in [-0.15, -0.1) is 0 Å². The molecule has 4 heteroatoms. The Labute approximate surface area is 81.9 Å². The molecule has 4 N–H and O–H groups in total. The van der Waals surface area contributed by atoms with Crippen LogP contribution in [-0.2, 0) is 4.79 Å². The molecule has 0 bridgehead atoms. The van der Waals surface area contributed by atoms with Gasteiger partial charge in [-0.25, -0.2) is 4.39 Å². The minimum atomic E-state index is -0.525. The predicted octanol–water partition coefficient (Wildman–Crippen LogP) is 1.01. The van der Waals surface area contributed by atoms with E-state index in [-0.39, 0.29) is 12.2 Å². The highest BCUT2D eigenvalue weighted by molar-refractivity contribution is 5.74. The van der Waals surface area contributed by atoms with Gasteiger partial charge in [-0.2, -0.15) is 0 Å². The lowest BCUT2D eigenvalue weighted by atomic mass is 9.99. The second-order valence-corrected chi connectivity index (χ2v) is 3.23. The maximum atomic E-state index is 13.1. The third kappa shape index (κ3) is 2.29. The number of rotatable bonds is 3. The number of amides is 1. The molecule has 76 valence electrons. The van der Waals surface area contributed by atoms with Crippen LogP contribution in [0.15, 0.2) is 18.2 Å². The molecule has 1 rings (SSSR count). The van der Waals surface area contributed by atoms with Crippen LogP contribution in [0.4, 0.5) is 4.39 Å². The Morgan fingerprint density at radius 2 is 2.21 bits per heavy atom. The third-order valence-electron chi connectivity index (χ3n) is 2.13. The highest BCUT2D eigenvalue weighted by Crippen LogP contribution is 2.20. The minimum absolute atomic E-state index is 0.0320. The fourth-order valence-corrected chi connectivity index (χ4v) is 1.35. The van der Waals surface area contributed by atoms with E-state index in [4.69, 9.17) is 11.5 Å². The van der Waals surface area contributed by atoms with Crippen molar-refractivity contribution in [1.29, 1.82) is 0 Å². The van der Waals surface area contributed by atoms with Crippen LogP contribution in [0.2, 0.25) is 0 Å². The first-order chi connectivity index (χ1) is 6.52. The van der Waals surface area contributed by atoms with Gasteiger partial charge in [-0.3, -0.25) is 4.79 Å². The molecule has 3 nitrogen and oxygen atoms in total. The fourth-order valence-electron chi connectivity index (χ4n) is 1.35. The molecule has 1 aromatic carbocycles. The molecule has 0 saturated heterocycles. The molecule has 0 aliphatic rings. The summed E-state index contributed by atoms with van der Waals surface area (Å²) < 4.78 is 13.1. The molecule has 0 saturated carbocycles. The van der Waals surface area contributed by atoms with Gasteiger partial charge in [0, 0.05) is 12.5 Å².